The van der Waals surface area contributed by atoms with Gasteiger partial charge in [-0.1, -0.05) is 45.0 Å². The van der Waals surface area contributed by atoms with Crippen LogP contribution in [0.5, 0.6) is 0 Å². The van der Waals surface area contributed by atoms with E-state index in [4.69, 9.17) is 0 Å². The van der Waals surface area contributed by atoms with Crippen molar-refractivity contribution in [3.63, 3.8) is 0 Å². The van der Waals surface area contributed by atoms with Gasteiger partial charge in [-0.05, 0) is 54.2 Å². The maximum absolute atomic E-state index is 12.9. The van der Waals surface area contributed by atoms with Crippen LogP contribution in [0.2, 0.25) is 0 Å². The zero-order chi connectivity index (χ0) is 20.0. The molecule has 1 unspecified atom stereocenters. The standard InChI is InChI=1S/C22H27FN2O2/c1-15(20(26)24-14-13-16-5-11-19(23)12-6-16)25-21(27)17-7-9-18(10-8-17)22(2,3)4/h5-12,15H,13-14H2,1-4H3,(H,24,26)(H,25,27). The predicted octanol–water partition coefficient (Wildman–Crippen LogP) is 3.60. The second-order valence-corrected chi connectivity index (χ2v) is 7.69. The highest BCUT2D eigenvalue weighted by atomic mass is 19.1. The molecule has 2 aromatic carbocycles. The van der Waals surface area contributed by atoms with Crippen LogP contribution in [0, 0.1) is 5.82 Å². The normalized spacial score (nSPS) is 12.3. The van der Waals surface area contributed by atoms with E-state index in [1.807, 2.05) is 12.1 Å². The Morgan fingerprint density at radius 2 is 1.59 bits per heavy atom. The zero-order valence-corrected chi connectivity index (χ0v) is 16.3. The van der Waals surface area contributed by atoms with Crippen LogP contribution in [0.4, 0.5) is 4.39 Å². The number of rotatable bonds is 6. The van der Waals surface area contributed by atoms with Gasteiger partial charge in [-0.15, -0.1) is 0 Å². The maximum atomic E-state index is 12.9. The number of benzene rings is 2. The minimum Gasteiger partial charge on any atom is -0.354 e. The molecular formula is C22H27FN2O2. The summed E-state index contributed by atoms with van der Waals surface area (Å²) in [7, 11) is 0. The van der Waals surface area contributed by atoms with E-state index < -0.39 is 6.04 Å². The van der Waals surface area contributed by atoms with E-state index in [1.165, 1.54) is 12.1 Å². The Labute approximate surface area is 160 Å². The molecule has 0 saturated heterocycles. The molecule has 0 bridgehead atoms. The molecule has 5 heteroatoms. The lowest BCUT2D eigenvalue weighted by molar-refractivity contribution is -0.122. The van der Waals surface area contributed by atoms with Gasteiger partial charge in [0.25, 0.3) is 5.91 Å². The number of carbonyl (C=O) groups is 2. The van der Waals surface area contributed by atoms with Gasteiger partial charge in [-0.25, -0.2) is 4.39 Å². The maximum Gasteiger partial charge on any atom is 0.251 e. The fourth-order valence-electron chi connectivity index (χ4n) is 2.60. The van der Waals surface area contributed by atoms with Crippen molar-refractivity contribution in [3.05, 3.63) is 71.0 Å². The highest BCUT2D eigenvalue weighted by Crippen LogP contribution is 2.22. The van der Waals surface area contributed by atoms with Crippen molar-refractivity contribution < 1.29 is 14.0 Å². The number of carbonyl (C=O) groups excluding carboxylic acids is 2. The lowest BCUT2D eigenvalue weighted by atomic mass is 9.86. The van der Waals surface area contributed by atoms with E-state index in [0.29, 0.717) is 18.5 Å². The Bertz CT molecular complexity index is 777. The quantitative estimate of drug-likeness (QED) is 0.816. The Hall–Kier alpha value is -2.69. The Morgan fingerprint density at radius 3 is 2.15 bits per heavy atom. The minimum absolute atomic E-state index is 0.0205. The predicted molar refractivity (Wildman–Crippen MR) is 105 cm³/mol. The summed E-state index contributed by atoms with van der Waals surface area (Å²) in [6.45, 7) is 8.40. The largest absolute Gasteiger partial charge is 0.354 e. The van der Waals surface area contributed by atoms with Gasteiger partial charge in [0.15, 0.2) is 0 Å². The first-order valence-corrected chi connectivity index (χ1v) is 9.10. The van der Waals surface area contributed by atoms with E-state index >= 15 is 0 Å². The molecule has 0 aliphatic carbocycles. The summed E-state index contributed by atoms with van der Waals surface area (Å²) in [5.41, 5.74) is 2.62. The fourth-order valence-corrected chi connectivity index (χ4v) is 2.60. The molecule has 0 radical (unpaired) electrons. The number of amides is 2. The molecular weight excluding hydrogens is 343 g/mol. The molecule has 0 saturated carbocycles. The van der Waals surface area contributed by atoms with E-state index in [-0.39, 0.29) is 23.0 Å². The van der Waals surface area contributed by atoms with Crippen LogP contribution < -0.4 is 10.6 Å². The summed E-state index contributed by atoms with van der Waals surface area (Å²) in [6, 6.07) is 12.9. The lowest BCUT2D eigenvalue weighted by Crippen LogP contribution is -2.45. The highest BCUT2D eigenvalue weighted by molar-refractivity contribution is 5.97. The van der Waals surface area contributed by atoms with Crippen molar-refractivity contribution in [2.24, 2.45) is 0 Å². The second kappa shape index (κ2) is 8.80. The summed E-state index contributed by atoms with van der Waals surface area (Å²) in [5.74, 6) is -0.817. The smallest absolute Gasteiger partial charge is 0.251 e. The molecule has 144 valence electrons. The van der Waals surface area contributed by atoms with Crippen LogP contribution in [0.15, 0.2) is 48.5 Å². The number of nitrogens with one attached hydrogen (secondary N) is 2. The van der Waals surface area contributed by atoms with Crippen molar-refractivity contribution in [1.29, 1.82) is 0 Å². The second-order valence-electron chi connectivity index (χ2n) is 7.69. The van der Waals surface area contributed by atoms with Gasteiger partial charge in [-0.3, -0.25) is 9.59 Å². The Balaban J connectivity index is 1.82. The van der Waals surface area contributed by atoms with E-state index in [0.717, 1.165) is 11.1 Å². The molecule has 2 aromatic rings. The lowest BCUT2D eigenvalue weighted by Gasteiger charge is -2.19. The van der Waals surface area contributed by atoms with Crippen LogP contribution in [0.3, 0.4) is 0 Å². The summed E-state index contributed by atoms with van der Waals surface area (Å²) in [5, 5.41) is 5.49. The molecule has 0 aliphatic heterocycles. The van der Waals surface area contributed by atoms with Crippen molar-refractivity contribution in [2.75, 3.05) is 6.54 Å². The SMILES string of the molecule is CC(NC(=O)c1ccc(C(C)(C)C)cc1)C(=O)NCCc1ccc(F)cc1. The van der Waals surface area contributed by atoms with Crippen molar-refractivity contribution in [1.82, 2.24) is 10.6 Å². The summed E-state index contributed by atoms with van der Waals surface area (Å²) in [4.78, 5) is 24.5. The van der Waals surface area contributed by atoms with E-state index in [9.17, 15) is 14.0 Å². The van der Waals surface area contributed by atoms with Gasteiger partial charge in [0.2, 0.25) is 5.91 Å². The third-order valence-corrected chi connectivity index (χ3v) is 4.38. The molecule has 1 atom stereocenters. The van der Waals surface area contributed by atoms with Gasteiger partial charge in [-0.2, -0.15) is 0 Å². The summed E-state index contributed by atoms with van der Waals surface area (Å²) < 4.78 is 12.9. The monoisotopic (exact) mass is 370 g/mol. The topological polar surface area (TPSA) is 58.2 Å². The molecule has 27 heavy (non-hydrogen) atoms. The van der Waals surface area contributed by atoms with Gasteiger partial charge in [0, 0.05) is 12.1 Å². The van der Waals surface area contributed by atoms with Crippen LogP contribution in [-0.2, 0) is 16.6 Å². The molecule has 0 fully saturated rings. The number of halogens is 1. The highest BCUT2D eigenvalue weighted by Gasteiger charge is 2.18. The molecule has 4 nitrogen and oxygen atoms in total. The van der Waals surface area contributed by atoms with Crippen LogP contribution in [-0.4, -0.2) is 24.4 Å². The van der Waals surface area contributed by atoms with Gasteiger partial charge >= 0.3 is 0 Å². The zero-order valence-electron chi connectivity index (χ0n) is 16.3. The van der Waals surface area contributed by atoms with Gasteiger partial charge in [0.1, 0.15) is 11.9 Å². The van der Waals surface area contributed by atoms with Crippen LogP contribution >= 0.6 is 0 Å². The first-order chi connectivity index (χ1) is 12.7. The fraction of sp³-hybridized carbons (Fsp3) is 0.364. The first kappa shape index (κ1) is 20.6. The molecule has 2 N–H and O–H groups in total. The number of hydrogen-bond acceptors (Lipinski definition) is 2. The van der Waals surface area contributed by atoms with E-state index in [2.05, 4.69) is 31.4 Å². The van der Waals surface area contributed by atoms with Crippen molar-refractivity contribution in [2.45, 2.75) is 45.6 Å². The summed E-state index contributed by atoms with van der Waals surface area (Å²) in [6.07, 6.45) is 0.598. The third kappa shape index (κ3) is 6.20. The molecule has 2 amide bonds. The number of hydrogen-bond donors (Lipinski definition) is 2. The Kier molecular flexibility index (Phi) is 6.72. The molecule has 0 aliphatic rings. The van der Waals surface area contributed by atoms with Gasteiger partial charge < -0.3 is 10.6 Å². The first-order valence-electron chi connectivity index (χ1n) is 9.10. The summed E-state index contributed by atoms with van der Waals surface area (Å²) >= 11 is 0. The molecule has 0 heterocycles. The van der Waals surface area contributed by atoms with Gasteiger partial charge in [0.05, 0.1) is 0 Å². The van der Waals surface area contributed by atoms with Crippen molar-refractivity contribution in [3.8, 4) is 0 Å². The van der Waals surface area contributed by atoms with Crippen LogP contribution in [0.1, 0.15) is 49.2 Å². The molecule has 2 rings (SSSR count). The average Bonchev–Trinajstić information content (AvgIpc) is 2.62. The van der Waals surface area contributed by atoms with E-state index in [1.54, 1.807) is 31.2 Å². The van der Waals surface area contributed by atoms with Crippen molar-refractivity contribution >= 4 is 11.8 Å². The van der Waals surface area contributed by atoms with Crippen LogP contribution in [0.25, 0.3) is 0 Å². The molecule has 0 aromatic heterocycles. The Morgan fingerprint density at radius 1 is 1.00 bits per heavy atom. The minimum atomic E-state index is -0.645. The third-order valence-electron chi connectivity index (χ3n) is 4.38. The molecule has 0 spiro atoms. The average molecular weight is 370 g/mol.